The van der Waals surface area contributed by atoms with Crippen LogP contribution in [0.15, 0.2) is 12.3 Å². The van der Waals surface area contributed by atoms with Crippen molar-refractivity contribution in [1.82, 2.24) is 19.6 Å². The fraction of sp³-hybridized carbons (Fsp3) is 0.714. The van der Waals surface area contributed by atoms with Crippen LogP contribution in [-0.2, 0) is 16.6 Å². The van der Waals surface area contributed by atoms with Gasteiger partial charge in [-0.2, -0.15) is 5.10 Å². The highest BCUT2D eigenvalue weighted by Crippen LogP contribution is 2.05. The van der Waals surface area contributed by atoms with Gasteiger partial charge in [0.15, 0.2) is 5.82 Å². The summed E-state index contributed by atoms with van der Waals surface area (Å²) in [6, 6.07) is 2.20. The van der Waals surface area contributed by atoms with E-state index in [4.69, 9.17) is 4.74 Å². The number of rotatable bonds is 6. The van der Waals surface area contributed by atoms with E-state index in [1.165, 1.54) is 0 Å². The van der Waals surface area contributed by atoms with E-state index >= 15 is 0 Å². The van der Waals surface area contributed by atoms with Crippen molar-refractivity contribution in [3.63, 3.8) is 0 Å². The van der Waals surface area contributed by atoms with Gasteiger partial charge in [-0.25, -0.2) is 0 Å². The summed E-state index contributed by atoms with van der Waals surface area (Å²) in [5.41, 5.74) is 0. The minimum atomic E-state index is -0.0367. The highest BCUT2D eigenvalue weighted by molar-refractivity contribution is 5.91. The number of likely N-dealkylation sites (N-methyl/N-ethyl adjacent to an activating group) is 1. The van der Waals surface area contributed by atoms with Gasteiger partial charge in [0, 0.05) is 45.0 Å². The number of anilines is 1. The van der Waals surface area contributed by atoms with E-state index in [9.17, 15) is 4.79 Å². The van der Waals surface area contributed by atoms with Crippen LogP contribution in [0.3, 0.4) is 0 Å². The van der Waals surface area contributed by atoms with Crippen molar-refractivity contribution in [1.29, 1.82) is 0 Å². The molecular formula is C14H25N5O2. The predicted molar refractivity (Wildman–Crippen MR) is 81.2 cm³/mol. The fourth-order valence-corrected chi connectivity index (χ4v) is 2.56. The lowest BCUT2D eigenvalue weighted by molar-refractivity contribution is -0.117. The number of nitrogens with one attached hydrogen (secondary N) is 1. The fourth-order valence-electron chi connectivity index (χ4n) is 2.56. The molecule has 21 heavy (non-hydrogen) atoms. The average Bonchev–Trinajstić information content (AvgIpc) is 2.84. The molecule has 0 spiro atoms. The van der Waals surface area contributed by atoms with Crippen LogP contribution < -0.4 is 5.32 Å². The Balaban J connectivity index is 1.72. The number of hydrogen-bond acceptors (Lipinski definition) is 5. The van der Waals surface area contributed by atoms with E-state index in [0.717, 1.165) is 32.8 Å². The Morgan fingerprint density at radius 2 is 2.24 bits per heavy atom. The zero-order valence-corrected chi connectivity index (χ0v) is 13.1. The molecule has 1 amide bonds. The molecule has 7 nitrogen and oxygen atoms in total. The summed E-state index contributed by atoms with van der Waals surface area (Å²) in [4.78, 5) is 16.4. The number of aromatic nitrogens is 2. The van der Waals surface area contributed by atoms with Crippen molar-refractivity contribution >= 4 is 11.7 Å². The minimum absolute atomic E-state index is 0.0367. The number of morpholine rings is 1. The van der Waals surface area contributed by atoms with Crippen LogP contribution in [0.1, 0.15) is 6.92 Å². The molecule has 118 valence electrons. The number of ether oxygens (including phenoxy) is 1. The standard InChI is InChI=1S/C14H25N5O2/c1-12(19-6-8-21-9-7-19)10-17(2)11-14(20)15-13-4-5-18(3)16-13/h4-5,12H,6-11H2,1-3H3,(H,15,16,20)/t12-/m0/s1. The topological polar surface area (TPSA) is 62.6 Å². The third-order valence-corrected chi connectivity index (χ3v) is 3.64. The Hall–Kier alpha value is -1.44. The molecule has 0 unspecified atom stereocenters. The molecule has 1 aliphatic heterocycles. The first-order chi connectivity index (χ1) is 10.0. The predicted octanol–water partition coefficient (Wildman–Crippen LogP) is 0.0111. The molecule has 1 aromatic heterocycles. The van der Waals surface area contributed by atoms with Gasteiger partial charge in [0.2, 0.25) is 5.91 Å². The maximum absolute atomic E-state index is 12.0. The van der Waals surface area contributed by atoms with Crippen molar-refractivity contribution in [2.24, 2.45) is 7.05 Å². The zero-order chi connectivity index (χ0) is 15.2. The summed E-state index contributed by atoms with van der Waals surface area (Å²) in [5, 5.41) is 6.94. The molecule has 0 aromatic carbocycles. The summed E-state index contributed by atoms with van der Waals surface area (Å²) in [6.45, 7) is 6.95. The molecule has 1 atom stereocenters. The highest BCUT2D eigenvalue weighted by Gasteiger charge is 2.19. The zero-order valence-electron chi connectivity index (χ0n) is 13.1. The highest BCUT2D eigenvalue weighted by atomic mass is 16.5. The molecule has 7 heteroatoms. The molecule has 0 bridgehead atoms. The Morgan fingerprint density at radius 3 is 2.86 bits per heavy atom. The molecule has 1 N–H and O–H groups in total. The third-order valence-electron chi connectivity index (χ3n) is 3.64. The maximum atomic E-state index is 12.0. The van der Waals surface area contributed by atoms with Gasteiger partial charge in [-0.1, -0.05) is 0 Å². The van der Waals surface area contributed by atoms with Crippen LogP contribution >= 0.6 is 0 Å². The number of carbonyl (C=O) groups excluding carboxylic acids is 1. The van der Waals surface area contributed by atoms with Gasteiger partial charge in [-0.05, 0) is 14.0 Å². The van der Waals surface area contributed by atoms with E-state index in [0.29, 0.717) is 18.4 Å². The van der Waals surface area contributed by atoms with Crippen molar-refractivity contribution < 1.29 is 9.53 Å². The lowest BCUT2D eigenvalue weighted by atomic mass is 10.2. The number of hydrogen-bond donors (Lipinski definition) is 1. The Kier molecular flexibility index (Phi) is 5.72. The number of nitrogens with zero attached hydrogens (tertiary/aromatic N) is 4. The second kappa shape index (κ2) is 7.53. The number of amides is 1. The van der Waals surface area contributed by atoms with Crippen LogP contribution in [0.4, 0.5) is 5.82 Å². The minimum Gasteiger partial charge on any atom is -0.379 e. The molecule has 0 saturated carbocycles. The van der Waals surface area contributed by atoms with Gasteiger partial charge in [0.25, 0.3) is 0 Å². The van der Waals surface area contributed by atoms with Gasteiger partial charge in [-0.3, -0.25) is 19.3 Å². The van der Waals surface area contributed by atoms with Crippen molar-refractivity contribution in [2.75, 3.05) is 51.8 Å². The van der Waals surface area contributed by atoms with Gasteiger partial charge in [0.1, 0.15) is 0 Å². The van der Waals surface area contributed by atoms with Gasteiger partial charge >= 0.3 is 0 Å². The second-order valence-electron chi connectivity index (χ2n) is 5.62. The molecule has 1 fully saturated rings. The summed E-state index contributed by atoms with van der Waals surface area (Å²) in [6.07, 6.45) is 1.81. The van der Waals surface area contributed by atoms with Crippen molar-refractivity contribution in [3.05, 3.63) is 12.3 Å². The first kappa shape index (κ1) is 15.9. The Bertz CT molecular complexity index is 456. The SMILES string of the molecule is C[C@@H](CN(C)CC(=O)Nc1ccn(C)n1)N1CCOCC1. The normalized spacial score (nSPS) is 17.9. The van der Waals surface area contributed by atoms with E-state index < -0.39 is 0 Å². The second-order valence-corrected chi connectivity index (χ2v) is 5.62. The molecule has 1 aromatic rings. The van der Waals surface area contributed by atoms with Gasteiger partial charge < -0.3 is 10.1 Å². The van der Waals surface area contributed by atoms with E-state index in [1.807, 2.05) is 19.0 Å². The van der Waals surface area contributed by atoms with Crippen LogP contribution in [-0.4, -0.2) is 78.0 Å². The largest absolute Gasteiger partial charge is 0.379 e. The molecule has 1 saturated heterocycles. The lowest BCUT2D eigenvalue weighted by Gasteiger charge is -2.34. The Labute approximate surface area is 125 Å². The van der Waals surface area contributed by atoms with E-state index in [2.05, 4.69) is 22.2 Å². The van der Waals surface area contributed by atoms with E-state index in [-0.39, 0.29) is 5.91 Å². The lowest BCUT2D eigenvalue weighted by Crippen LogP contribution is -2.47. The maximum Gasteiger partial charge on any atom is 0.239 e. The van der Waals surface area contributed by atoms with Crippen LogP contribution in [0.5, 0.6) is 0 Å². The summed E-state index contributed by atoms with van der Waals surface area (Å²) < 4.78 is 7.03. The van der Waals surface area contributed by atoms with Gasteiger partial charge in [-0.15, -0.1) is 0 Å². The Morgan fingerprint density at radius 1 is 1.52 bits per heavy atom. The first-order valence-corrected chi connectivity index (χ1v) is 7.34. The third kappa shape index (κ3) is 5.11. The number of carbonyl (C=O) groups is 1. The molecule has 1 aliphatic rings. The van der Waals surface area contributed by atoms with Gasteiger partial charge in [0.05, 0.1) is 19.8 Å². The summed E-state index contributed by atoms with van der Waals surface area (Å²) >= 11 is 0. The molecule has 0 radical (unpaired) electrons. The molecule has 0 aliphatic carbocycles. The monoisotopic (exact) mass is 295 g/mol. The quantitative estimate of drug-likeness (QED) is 0.801. The van der Waals surface area contributed by atoms with Crippen molar-refractivity contribution in [3.8, 4) is 0 Å². The van der Waals surface area contributed by atoms with E-state index in [1.54, 1.807) is 16.9 Å². The summed E-state index contributed by atoms with van der Waals surface area (Å²) in [7, 11) is 3.79. The smallest absolute Gasteiger partial charge is 0.239 e. The number of aryl methyl sites for hydroxylation is 1. The average molecular weight is 295 g/mol. The van der Waals surface area contributed by atoms with Crippen LogP contribution in [0.2, 0.25) is 0 Å². The molecule has 2 heterocycles. The van der Waals surface area contributed by atoms with Crippen LogP contribution in [0, 0.1) is 0 Å². The van der Waals surface area contributed by atoms with Crippen molar-refractivity contribution in [2.45, 2.75) is 13.0 Å². The molecule has 2 rings (SSSR count). The first-order valence-electron chi connectivity index (χ1n) is 7.34. The summed E-state index contributed by atoms with van der Waals surface area (Å²) in [5.74, 6) is 0.558. The molecular weight excluding hydrogens is 270 g/mol. The van der Waals surface area contributed by atoms with Crippen LogP contribution in [0.25, 0.3) is 0 Å².